The molecule has 0 radical (unpaired) electrons. The molecule has 2 heterocycles. The smallest absolute Gasteiger partial charge is 0.356 e. The third-order valence-electron chi connectivity index (χ3n) is 2.78. The Kier molecular flexibility index (Phi) is 3.33. The highest BCUT2D eigenvalue weighted by molar-refractivity contribution is 5.85. The number of aromatic carboxylic acids is 1. The van der Waals surface area contributed by atoms with Crippen LogP contribution < -0.4 is 4.90 Å². The lowest BCUT2D eigenvalue weighted by atomic mass is 10.4. The fraction of sp³-hybridized carbons (Fsp3) is 0.636. The monoisotopic (exact) mass is 239 g/mol. The lowest BCUT2D eigenvalue weighted by Crippen LogP contribution is -2.38. The van der Waals surface area contributed by atoms with Gasteiger partial charge in [-0.15, -0.1) is 0 Å². The summed E-state index contributed by atoms with van der Waals surface area (Å²) in [6.45, 7) is 6.85. The van der Waals surface area contributed by atoms with Crippen molar-refractivity contribution in [1.82, 2.24) is 9.55 Å². The third-order valence-corrected chi connectivity index (χ3v) is 2.78. The normalized spacial score (nSPS) is 16.5. The summed E-state index contributed by atoms with van der Waals surface area (Å²) in [5.74, 6) is -0.264. The number of carbonyl (C=O) groups is 1. The molecule has 0 aliphatic carbocycles. The fourth-order valence-electron chi connectivity index (χ4n) is 1.86. The molecule has 0 saturated carbocycles. The van der Waals surface area contributed by atoms with Crippen LogP contribution >= 0.6 is 0 Å². The fourth-order valence-corrected chi connectivity index (χ4v) is 1.86. The second-order valence-electron chi connectivity index (χ2n) is 4.33. The number of hydrogen-bond donors (Lipinski definition) is 1. The number of morpholine rings is 1. The topological polar surface area (TPSA) is 67.6 Å². The first-order valence-electron chi connectivity index (χ1n) is 5.74. The lowest BCUT2D eigenvalue weighted by molar-refractivity contribution is 0.0691. The van der Waals surface area contributed by atoms with E-state index in [1.165, 1.54) is 0 Å². The number of rotatable bonds is 3. The molecule has 0 amide bonds. The van der Waals surface area contributed by atoms with Gasteiger partial charge in [0.25, 0.3) is 0 Å². The van der Waals surface area contributed by atoms with Gasteiger partial charge in [0.05, 0.1) is 13.2 Å². The summed E-state index contributed by atoms with van der Waals surface area (Å²) in [6.07, 6.45) is 1.60. The SMILES string of the molecule is CC(C)n1cc(C(=O)O)nc1N1CCOCC1. The van der Waals surface area contributed by atoms with Crippen molar-refractivity contribution >= 4 is 11.9 Å². The van der Waals surface area contributed by atoms with Crippen molar-refractivity contribution in [1.29, 1.82) is 0 Å². The Labute approximate surface area is 99.8 Å². The second-order valence-corrected chi connectivity index (χ2v) is 4.33. The molecule has 1 N–H and O–H groups in total. The molecule has 0 bridgehead atoms. The molecule has 6 nitrogen and oxygen atoms in total. The molecule has 1 aromatic heterocycles. The summed E-state index contributed by atoms with van der Waals surface area (Å²) in [4.78, 5) is 17.2. The summed E-state index contributed by atoms with van der Waals surface area (Å²) in [5.41, 5.74) is 0.0974. The lowest BCUT2D eigenvalue weighted by Gasteiger charge is -2.29. The van der Waals surface area contributed by atoms with Gasteiger partial charge in [0.2, 0.25) is 5.95 Å². The molecule has 0 spiro atoms. The van der Waals surface area contributed by atoms with Crippen molar-refractivity contribution in [2.45, 2.75) is 19.9 Å². The average molecular weight is 239 g/mol. The number of carboxylic acid groups (broad SMARTS) is 1. The van der Waals surface area contributed by atoms with Crippen LogP contribution in [0.5, 0.6) is 0 Å². The molecule has 1 aliphatic heterocycles. The van der Waals surface area contributed by atoms with Crippen molar-refractivity contribution in [3.05, 3.63) is 11.9 Å². The van der Waals surface area contributed by atoms with Gasteiger partial charge in [-0.25, -0.2) is 9.78 Å². The number of aromatic nitrogens is 2. The van der Waals surface area contributed by atoms with Gasteiger partial charge < -0.3 is 19.3 Å². The highest BCUT2D eigenvalue weighted by Gasteiger charge is 2.21. The number of ether oxygens (including phenoxy) is 1. The Bertz CT molecular complexity index is 408. The zero-order chi connectivity index (χ0) is 12.4. The first-order chi connectivity index (χ1) is 8.09. The van der Waals surface area contributed by atoms with Crippen LogP contribution in [-0.4, -0.2) is 46.9 Å². The maximum atomic E-state index is 11.0. The van der Waals surface area contributed by atoms with Crippen LogP contribution in [0.15, 0.2) is 6.20 Å². The van der Waals surface area contributed by atoms with E-state index in [0.29, 0.717) is 13.2 Å². The molecule has 0 atom stereocenters. The van der Waals surface area contributed by atoms with Gasteiger partial charge in [0.1, 0.15) is 0 Å². The maximum Gasteiger partial charge on any atom is 0.356 e. The maximum absolute atomic E-state index is 11.0. The van der Waals surface area contributed by atoms with E-state index >= 15 is 0 Å². The zero-order valence-corrected chi connectivity index (χ0v) is 10.1. The van der Waals surface area contributed by atoms with E-state index in [-0.39, 0.29) is 11.7 Å². The van der Waals surface area contributed by atoms with Gasteiger partial charge in [0.15, 0.2) is 5.69 Å². The van der Waals surface area contributed by atoms with Gasteiger partial charge in [-0.1, -0.05) is 0 Å². The molecular weight excluding hydrogens is 222 g/mol. The Morgan fingerprint density at radius 1 is 1.47 bits per heavy atom. The molecule has 1 aliphatic rings. The van der Waals surface area contributed by atoms with Gasteiger partial charge in [0, 0.05) is 25.3 Å². The standard InChI is InChI=1S/C11H17N3O3/c1-8(2)14-7-9(10(15)16)12-11(14)13-3-5-17-6-4-13/h7-8H,3-6H2,1-2H3,(H,15,16). The van der Waals surface area contributed by atoms with Crippen molar-refractivity contribution in [3.63, 3.8) is 0 Å². The average Bonchev–Trinajstić information content (AvgIpc) is 2.75. The van der Waals surface area contributed by atoms with Gasteiger partial charge >= 0.3 is 5.97 Å². The first kappa shape index (κ1) is 11.9. The van der Waals surface area contributed by atoms with Crippen LogP contribution in [-0.2, 0) is 4.74 Å². The first-order valence-corrected chi connectivity index (χ1v) is 5.74. The zero-order valence-electron chi connectivity index (χ0n) is 10.1. The minimum atomic E-state index is -0.987. The Balaban J connectivity index is 2.32. The van der Waals surface area contributed by atoms with E-state index in [1.54, 1.807) is 6.20 Å². The number of nitrogens with zero attached hydrogens (tertiary/aromatic N) is 3. The molecule has 1 fully saturated rings. The molecule has 0 unspecified atom stereocenters. The Morgan fingerprint density at radius 3 is 2.65 bits per heavy atom. The van der Waals surface area contributed by atoms with Crippen LogP contribution in [0, 0.1) is 0 Å². The van der Waals surface area contributed by atoms with Crippen molar-refractivity contribution in [3.8, 4) is 0 Å². The van der Waals surface area contributed by atoms with E-state index in [0.717, 1.165) is 19.0 Å². The van der Waals surface area contributed by atoms with Crippen LogP contribution in [0.3, 0.4) is 0 Å². The summed E-state index contributed by atoms with van der Waals surface area (Å²) in [7, 11) is 0. The van der Waals surface area contributed by atoms with Crippen molar-refractivity contribution < 1.29 is 14.6 Å². The number of imidazole rings is 1. The van der Waals surface area contributed by atoms with E-state index in [1.807, 2.05) is 18.4 Å². The second kappa shape index (κ2) is 4.75. The minimum absolute atomic E-state index is 0.0974. The highest BCUT2D eigenvalue weighted by Crippen LogP contribution is 2.20. The van der Waals surface area contributed by atoms with Crippen LogP contribution in [0.25, 0.3) is 0 Å². The molecule has 94 valence electrons. The van der Waals surface area contributed by atoms with E-state index < -0.39 is 5.97 Å². The molecule has 1 aromatic rings. The molecule has 2 rings (SSSR count). The van der Waals surface area contributed by atoms with Gasteiger partial charge in [-0.2, -0.15) is 0 Å². The number of anilines is 1. The van der Waals surface area contributed by atoms with Crippen LogP contribution in [0.4, 0.5) is 5.95 Å². The predicted octanol–water partition coefficient (Wildman–Crippen LogP) is 0.999. The summed E-state index contributed by atoms with van der Waals surface area (Å²) < 4.78 is 7.18. The van der Waals surface area contributed by atoms with Crippen LogP contribution in [0.1, 0.15) is 30.4 Å². The molecular formula is C11H17N3O3. The van der Waals surface area contributed by atoms with Crippen LogP contribution in [0.2, 0.25) is 0 Å². The molecule has 17 heavy (non-hydrogen) atoms. The van der Waals surface area contributed by atoms with Gasteiger partial charge in [-0.3, -0.25) is 0 Å². The molecule has 6 heteroatoms. The highest BCUT2D eigenvalue weighted by atomic mass is 16.5. The molecule has 1 saturated heterocycles. The summed E-state index contributed by atoms with van der Waals surface area (Å²) in [6, 6.07) is 0.188. The van der Waals surface area contributed by atoms with Crippen molar-refractivity contribution in [2.24, 2.45) is 0 Å². The quantitative estimate of drug-likeness (QED) is 0.852. The van der Waals surface area contributed by atoms with E-state index in [4.69, 9.17) is 9.84 Å². The minimum Gasteiger partial charge on any atom is -0.476 e. The van der Waals surface area contributed by atoms with Crippen molar-refractivity contribution in [2.75, 3.05) is 31.2 Å². The Hall–Kier alpha value is -1.56. The summed E-state index contributed by atoms with van der Waals surface area (Å²) in [5, 5.41) is 8.98. The van der Waals surface area contributed by atoms with E-state index in [9.17, 15) is 4.79 Å². The largest absolute Gasteiger partial charge is 0.476 e. The number of hydrogen-bond acceptors (Lipinski definition) is 4. The molecule has 0 aromatic carbocycles. The summed E-state index contributed by atoms with van der Waals surface area (Å²) >= 11 is 0. The number of carboxylic acids is 1. The Morgan fingerprint density at radius 2 is 2.12 bits per heavy atom. The third kappa shape index (κ3) is 2.41. The van der Waals surface area contributed by atoms with Gasteiger partial charge in [-0.05, 0) is 13.8 Å². The van der Waals surface area contributed by atoms with E-state index in [2.05, 4.69) is 9.88 Å². The predicted molar refractivity (Wildman–Crippen MR) is 62.6 cm³/mol.